The Kier molecular flexibility index (Phi) is 20.9. The average molecular weight is 1720 g/mol. The van der Waals surface area contributed by atoms with Crippen LogP contribution in [-0.4, -0.2) is 0 Å². The second-order valence-corrected chi connectivity index (χ2v) is 35.8. The van der Waals surface area contributed by atoms with Gasteiger partial charge >= 0.3 is 0 Å². The van der Waals surface area contributed by atoms with Crippen LogP contribution in [0.4, 0.5) is 51.2 Å². The number of nitrogens with zero attached hydrogens (tertiary/aromatic N) is 3. The molecule has 25 rings (SSSR count). The van der Waals surface area contributed by atoms with E-state index in [1.165, 1.54) is 89.0 Å². The molecule has 0 saturated carbocycles. The van der Waals surface area contributed by atoms with Gasteiger partial charge in [0.05, 0.1) is 5.69 Å². The van der Waals surface area contributed by atoms with Crippen LogP contribution in [-0.2, 0) is 10.8 Å². The van der Waals surface area contributed by atoms with E-state index < -0.39 is 0 Å². The van der Waals surface area contributed by atoms with Gasteiger partial charge in [-0.05, 0) is 234 Å². The summed E-state index contributed by atoms with van der Waals surface area (Å²) in [4.78, 5) is 7.03. The molecule has 6 heteroatoms. The summed E-state index contributed by atoms with van der Waals surface area (Å²) in [6.07, 6.45) is 0. The number of benzene rings is 20. The van der Waals surface area contributed by atoms with Crippen molar-refractivity contribution in [3.05, 3.63) is 514 Å². The zero-order valence-corrected chi connectivity index (χ0v) is 74.8. The lowest BCUT2D eigenvalue weighted by molar-refractivity contribution is 0.632. The molecule has 0 atom stereocenters. The number of para-hydroxylation sites is 5. The molecular formula is C128H93N3O3. The number of hydrogen-bond acceptors (Lipinski definition) is 6. The molecule has 3 aromatic heterocycles. The van der Waals surface area contributed by atoms with Gasteiger partial charge in [-0.25, -0.2) is 0 Å². The number of furan rings is 3. The standard InChI is InChI=1S/C47H35NO.C45H33NO.C36H25NO/c1-47(2)42-19-11-9-17-39(42)40-30-29-38(31-43(40)47)48(36-25-21-33(22-26-36)32-13-5-3-6-14-32)37-27-23-35(24-28-37)46-45(34-15-7-4-8-16-34)41-18-10-12-20-44(41)49-46;1-45(2)41-17-8-6-13-37(41)38-28-27-35(29-42(38)45)46(33-23-19-31(20-24-33)30-11-4-3-5-12-30)34-25-21-32(22-26-34)36-15-10-16-40-39-14-7-9-18-43(39)47-44(36)40;1-3-10-26(11-4-1)28-18-22-30(23-19-28)37(31-24-20-29(21-25-31)27-12-5-2-6-13-27)34-16-9-15-33-32-14-7-8-17-35(32)38-36(33)34/h3-31H,1-2H3;3-29H,1-2H3;1-25H. The van der Waals surface area contributed by atoms with Gasteiger partial charge in [0.25, 0.3) is 0 Å². The Balaban J connectivity index is 0.000000114. The fourth-order valence-electron chi connectivity index (χ4n) is 20.3. The minimum Gasteiger partial charge on any atom is -0.455 e. The lowest BCUT2D eigenvalue weighted by Crippen LogP contribution is -2.16. The van der Waals surface area contributed by atoms with Crippen molar-refractivity contribution in [2.45, 2.75) is 38.5 Å². The van der Waals surface area contributed by atoms with Crippen molar-refractivity contribution < 1.29 is 13.3 Å². The van der Waals surface area contributed by atoms with Gasteiger partial charge in [0, 0.05) is 100.0 Å². The smallest absolute Gasteiger partial charge is 0.159 e. The summed E-state index contributed by atoms with van der Waals surface area (Å²) in [6, 6.07) is 175. The Hall–Kier alpha value is -17.1. The first-order valence-corrected chi connectivity index (χ1v) is 46.1. The minimum absolute atomic E-state index is 0.0834. The van der Waals surface area contributed by atoms with Crippen LogP contribution in [0, 0.1) is 0 Å². The first-order valence-electron chi connectivity index (χ1n) is 46.1. The Bertz CT molecular complexity index is 8150. The molecule has 134 heavy (non-hydrogen) atoms. The van der Waals surface area contributed by atoms with E-state index in [0.717, 1.165) is 140 Å². The van der Waals surface area contributed by atoms with Gasteiger partial charge in [-0.3, -0.25) is 0 Å². The van der Waals surface area contributed by atoms with Crippen molar-refractivity contribution >= 4 is 106 Å². The average Bonchev–Trinajstić information content (AvgIpc) is 1.57. The predicted octanol–water partition coefficient (Wildman–Crippen LogP) is 36.3. The van der Waals surface area contributed by atoms with E-state index >= 15 is 0 Å². The van der Waals surface area contributed by atoms with Gasteiger partial charge in [0.15, 0.2) is 5.58 Å². The van der Waals surface area contributed by atoms with Crippen LogP contribution in [0.25, 0.3) is 155 Å². The van der Waals surface area contributed by atoms with Crippen LogP contribution in [0.1, 0.15) is 49.9 Å². The Morgan fingerprint density at radius 3 is 0.858 bits per heavy atom. The third-order valence-corrected chi connectivity index (χ3v) is 27.1. The lowest BCUT2D eigenvalue weighted by Gasteiger charge is -2.28. The van der Waals surface area contributed by atoms with E-state index in [2.05, 4.69) is 485 Å². The van der Waals surface area contributed by atoms with E-state index in [9.17, 15) is 0 Å². The SMILES string of the molecule is CC1(C)c2ccccc2-c2ccc(N(c3ccc(-c4ccccc4)cc3)c3ccc(-c4cccc5c4oc4ccccc45)cc3)cc21.CC1(C)c2ccccc2-c2ccc(N(c3ccc(-c4ccccc4)cc3)c3ccc(-c4oc5ccccc5c4-c4ccccc4)cc3)cc21.c1ccc(-c2ccc(N(c3ccc(-c4ccccc4)cc3)c3cccc4c3oc3ccccc34)cc2)cc1. The largest absolute Gasteiger partial charge is 0.455 e. The molecule has 20 aromatic carbocycles. The molecule has 2 aliphatic carbocycles. The molecular weight excluding hydrogens is 1630 g/mol. The van der Waals surface area contributed by atoms with Crippen molar-refractivity contribution in [3.63, 3.8) is 0 Å². The maximum absolute atomic E-state index is 6.55. The molecule has 23 aromatic rings. The topological polar surface area (TPSA) is 49.1 Å². The maximum atomic E-state index is 6.55. The van der Waals surface area contributed by atoms with Crippen LogP contribution in [0.2, 0.25) is 0 Å². The summed E-state index contributed by atoms with van der Waals surface area (Å²) in [6.45, 7) is 9.36. The maximum Gasteiger partial charge on any atom is 0.159 e. The monoisotopic (exact) mass is 1720 g/mol. The highest BCUT2D eigenvalue weighted by molar-refractivity contribution is 6.12. The molecule has 0 fully saturated rings. The molecule has 638 valence electrons. The number of fused-ring (bicyclic) bond motifs is 13. The molecule has 0 bridgehead atoms. The second-order valence-electron chi connectivity index (χ2n) is 35.8. The minimum atomic E-state index is -0.0935. The highest BCUT2D eigenvalue weighted by Crippen LogP contribution is 2.55. The van der Waals surface area contributed by atoms with E-state index in [1.807, 2.05) is 48.5 Å². The summed E-state index contributed by atoms with van der Waals surface area (Å²) in [5.41, 5.74) is 40.1. The zero-order valence-electron chi connectivity index (χ0n) is 74.8. The van der Waals surface area contributed by atoms with Gasteiger partial charge in [0.2, 0.25) is 0 Å². The highest BCUT2D eigenvalue weighted by atomic mass is 16.3. The Labute approximate surface area is 781 Å². The highest BCUT2D eigenvalue weighted by Gasteiger charge is 2.38. The van der Waals surface area contributed by atoms with E-state index in [4.69, 9.17) is 13.3 Å². The Morgan fingerprint density at radius 2 is 0.448 bits per heavy atom. The predicted molar refractivity (Wildman–Crippen MR) is 561 cm³/mol. The van der Waals surface area contributed by atoms with Crippen molar-refractivity contribution in [1.29, 1.82) is 0 Å². The normalized spacial score (nSPS) is 12.4. The molecule has 6 nitrogen and oxygen atoms in total. The van der Waals surface area contributed by atoms with E-state index in [0.29, 0.717) is 0 Å². The fraction of sp³-hybridized carbons (Fsp3) is 0.0469. The van der Waals surface area contributed by atoms with Crippen LogP contribution in [0.3, 0.4) is 0 Å². The van der Waals surface area contributed by atoms with Crippen molar-refractivity contribution in [2.24, 2.45) is 0 Å². The summed E-state index contributed by atoms with van der Waals surface area (Å²) < 4.78 is 19.4. The molecule has 0 saturated heterocycles. The molecule has 3 heterocycles. The second kappa shape index (κ2) is 34.4. The fourth-order valence-corrected chi connectivity index (χ4v) is 20.3. The van der Waals surface area contributed by atoms with E-state index in [1.54, 1.807) is 0 Å². The number of hydrogen-bond donors (Lipinski definition) is 0. The summed E-state index contributed by atoms with van der Waals surface area (Å²) in [5, 5.41) is 5.65. The summed E-state index contributed by atoms with van der Waals surface area (Å²) in [5.74, 6) is 0.884. The molecule has 0 unspecified atom stereocenters. The first-order chi connectivity index (χ1) is 66.0. The van der Waals surface area contributed by atoms with Crippen LogP contribution >= 0.6 is 0 Å². The van der Waals surface area contributed by atoms with Gasteiger partial charge in [-0.2, -0.15) is 0 Å². The van der Waals surface area contributed by atoms with Gasteiger partial charge < -0.3 is 28.0 Å². The molecule has 2 aliphatic rings. The van der Waals surface area contributed by atoms with Crippen LogP contribution in [0.15, 0.2) is 505 Å². The lowest BCUT2D eigenvalue weighted by atomic mass is 9.82. The van der Waals surface area contributed by atoms with Gasteiger partial charge in [-0.1, -0.05) is 386 Å². The summed E-state index contributed by atoms with van der Waals surface area (Å²) in [7, 11) is 0. The van der Waals surface area contributed by atoms with Crippen molar-refractivity contribution in [3.8, 4) is 100 Å². The number of anilines is 9. The third-order valence-electron chi connectivity index (χ3n) is 27.1. The third kappa shape index (κ3) is 14.9. The Morgan fingerprint density at radius 1 is 0.172 bits per heavy atom. The number of rotatable bonds is 16. The molecule has 0 amide bonds. The first kappa shape index (κ1) is 81.4. The van der Waals surface area contributed by atoms with Crippen LogP contribution < -0.4 is 14.7 Å². The van der Waals surface area contributed by atoms with Crippen LogP contribution in [0.5, 0.6) is 0 Å². The summed E-state index contributed by atoms with van der Waals surface area (Å²) >= 11 is 0. The molecule has 0 spiro atoms. The molecule has 0 radical (unpaired) electrons. The van der Waals surface area contributed by atoms with Gasteiger partial charge in [0.1, 0.15) is 28.1 Å². The van der Waals surface area contributed by atoms with Crippen molar-refractivity contribution in [2.75, 3.05) is 14.7 Å². The van der Waals surface area contributed by atoms with Crippen molar-refractivity contribution in [1.82, 2.24) is 0 Å². The quantitative estimate of drug-likeness (QED) is 0.0961. The molecule has 0 N–H and O–H groups in total. The van der Waals surface area contributed by atoms with E-state index in [-0.39, 0.29) is 10.8 Å². The zero-order chi connectivity index (χ0) is 89.8. The molecule has 0 aliphatic heterocycles. The van der Waals surface area contributed by atoms with Gasteiger partial charge in [-0.15, -0.1) is 0 Å².